The smallest absolute Gasteiger partial charge is 0.328 e. The van der Waals surface area contributed by atoms with E-state index in [4.69, 9.17) is 9.47 Å². The summed E-state index contributed by atoms with van der Waals surface area (Å²) in [5.74, 6) is -0.274. The number of nitrogens with zero attached hydrogens (tertiary/aromatic N) is 1. The van der Waals surface area contributed by atoms with Crippen LogP contribution in [0.5, 0.6) is 0 Å². The summed E-state index contributed by atoms with van der Waals surface area (Å²) in [6, 6.07) is -0.658. The van der Waals surface area contributed by atoms with Crippen molar-refractivity contribution in [2.75, 3.05) is 26.8 Å². The molecule has 0 saturated carbocycles. The van der Waals surface area contributed by atoms with Crippen LogP contribution in [0.15, 0.2) is 0 Å². The van der Waals surface area contributed by atoms with Crippen LogP contribution in [0.25, 0.3) is 0 Å². The number of piperidine rings is 1. The normalized spacial score (nSPS) is 30.3. The average molecular weight is 284 g/mol. The van der Waals surface area contributed by atoms with Crippen LogP contribution in [0.2, 0.25) is 0 Å². The van der Waals surface area contributed by atoms with E-state index in [0.29, 0.717) is 32.5 Å². The van der Waals surface area contributed by atoms with E-state index < -0.39 is 6.04 Å². The van der Waals surface area contributed by atoms with Gasteiger partial charge in [-0.3, -0.25) is 4.79 Å². The monoisotopic (exact) mass is 284 g/mol. The zero-order valence-corrected chi connectivity index (χ0v) is 12.3. The number of hydrogen-bond acceptors (Lipinski definition) is 5. The first-order valence-electron chi connectivity index (χ1n) is 7.40. The van der Waals surface area contributed by atoms with E-state index in [1.165, 1.54) is 0 Å². The fourth-order valence-corrected chi connectivity index (χ4v) is 2.95. The summed E-state index contributed by atoms with van der Waals surface area (Å²) in [6.45, 7) is 3.46. The molecule has 0 aromatic rings. The van der Waals surface area contributed by atoms with E-state index in [-0.39, 0.29) is 24.0 Å². The molecule has 0 radical (unpaired) electrons. The molecule has 0 spiro atoms. The summed E-state index contributed by atoms with van der Waals surface area (Å²) >= 11 is 0. The van der Waals surface area contributed by atoms with Gasteiger partial charge in [0.1, 0.15) is 6.04 Å². The SMILES string of the molecule is CCOC(=O)C1CCCCN1C(=O)C1CC(OC)CN1. The van der Waals surface area contributed by atoms with Crippen molar-refractivity contribution in [3.8, 4) is 0 Å². The Bertz CT molecular complexity index is 361. The van der Waals surface area contributed by atoms with Crippen LogP contribution in [0.3, 0.4) is 0 Å². The number of esters is 1. The number of ether oxygens (including phenoxy) is 2. The second kappa shape index (κ2) is 7.04. The third kappa shape index (κ3) is 3.30. The Morgan fingerprint density at radius 1 is 1.35 bits per heavy atom. The van der Waals surface area contributed by atoms with Crippen LogP contribution < -0.4 is 5.32 Å². The van der Waals surface area contributed by atoms with Crippen molar-refractivity contribution in [2.45, 2.75) is 50.8 Å². The Kier molecular flexibility index (Phi) is 5.37. The number of nitrogens with one attached hydrogen (secondary N) is 1. The van der Waals surface area contributed by atoms with Gasteiger partial charge in [0.2, 0.25) is 5.91 Å². The van der Waals surface area contributed by atoms with E-state index >= 15 is 0 Å². The van der Waals surface area contributed by atoms with Gasteiger partial charge in [-0.15, -0.1) is 0 Å². The molecule has 1 amide bonds. The Labute approximate surface area is 119 Å². The molecule has 6 heteroatoms. The van der Waals surface area contributed by atoms with E-state index in [1.54, 1.807) is 18.9 Å². The molecule has 1 N–H and O–H groups in total. The first kappa shape index (κ1) is 15.3. The Balaban J connectivity index is 2.00. The highest BCUT2D eigenvalue weighted by Gasteiger charge is 2.38. The van der Waals surface area contributed by atoms with Crippen LogP contribution in [-0.4, -0.2) is 61.8 Å². The lowest BCUT2D eigenvalue weighted by atomic mass is 10.0. The van der Waals surface area contributed by atoms with Crippen molar-refractivity contribution < 1.29 is 19.1 Å². The Morgan fingerprint density at radius 2 is 2.15 bits per heavy atom. The highest BCUT2D eigenvalue weighted by atomic mass is 16.5. The second-order valence-electron chi connectivity index (χ2n) is 5.35. The largest absolute Gasteiger partial charge is 0.464 e. The van der Waals surface area contributed by atoms with Gasteiger partial charge in [0.15, 0.2) is 0 Å². The summed E-state index contributed by atoms with van der Waals surface area (Å²) < 4.78 is 10.4. The Morgan fingerprint density at radius 3 is 2.80 bits per heavy atom. The molecule has 2 heterocycles. The number of carbonyl (C=O) groups excluding carboxylic acids is 2. The predicted molar refractivity (Wildman–Crippen MR) is 73.2 cm³/mol. The zero-order valence-electron chi connectivity index (χ0n) is 12.3. The third-order valence-corrected chi connectivity index (χ3v) is 4.07. The number of carbonyl (C=O) groups is 2. The molecule has 2 saturated heterocycles. The lowest BCUT2D eigenvalue weighted by Crippen LogP contribution is -2.53. The maximum Gasteiger partial charge on any atom is 0.328 e. The predicted octanol–water partition coefficient (Wildman–Crippen LogP) is 0.308. The van der Waals surface area contributed by atoms with Gasteiger partial charge in [-0.2, -0.15) is 0 Å². The average Bonchev–Trinajstić information content (AvgIpc) is 2.95. The molecule has 2 aliphatic heterocycles. The van der Waals surface area contributed by atoms with Gasteiger partial charge < -0.3 is 19.7 Å². The molecule has 3 atom stereocenters. The number of rotatable bonds is 4. The lowest BCUT2D eigenvalue weighted by molar-refractivity contribution is -0.157. The van der Waals surface area contributed by atoms with Crippen molar-refractivity contribution >= 4 is 11.9 Å². The van der Waals surface area contributed by atoms with E-state index in [1.807, 2.05) is 0 Å². The molecule has 0 bridgehead atoms. The van der Waals surface area contributed by atoms with Crippen LogP contribution >= 0.6 is 0 Å². The second-order valence-corrected chi connectivity index (χ2v) is 5.35. The van der Waals surface area contributed by atoms with E-state index in [0.717, 1.165) is 12.8 Å². The van der Waals surface area contributed by atoms with Crippen molar-refractivity contribution in [1.82, 2.24) is 10.2 Å². The highest BCUT2D eigenvalue weighted by Crippen LogP contribution is 2.21. The first-order chi connectivity index (χ1) is 9.67. The van der Waals surface area contributed by atoms with Crippen LogP contribution in [0.1, 0.15) is 32.6 Å². The number of likely N-dealkylation sites (tertiary alicyclic amines) is 1. The maximum atomic E-state index is 12.6. The molecule has 114 valence electrons. The molecule has 0 aromatic heterocycles. The topological polar surface area (TPSA) is 67.9 Å². The zero-order chi connectivity index (χ0) is 14.5. The number of methoxy groups -OCH3 is 1. The summed E-state index contributed by atoms with van der Waals surface area (Å²) in [7, 11) is 1.65. The summed E-state index contributed by atoms with van der Waals surface area (Å²) in [6.07, 6.45) is 3.36. The van der Waals surface area contributed by atoms with Gasteiger partial charge in [0, 0.05) is 20.2 Å². The first-order valence-corrected chi connectivity index (χ1v) is 7.40. The maximum absolute atomic E-state index is 12.6. The van der Waals surface area contributed by atoms with Gasteiger partial charge in [-0.05, 0) is 32.6 Å². The fourth-order valence-electron chi connectivity index (χ4n) is 2.95. The van der Waals surface area contributed by atoms with E-state index in [9.17, 15) is 9.59 Å². The van der Waals surface area contributed by atoms with Crippen molar-refractivity contribution in [3.05, 3.63) is 0 Å². The summed E-state index contributed by atoms with van der Waals surface area (Å²) in [4.78, 5) is 26.3. The summed E-state index contributed by atoms with van der Waals surface area (Å²) in [5.41, 5.74) is 0. The quantitative estimate of drug-likeness (QED) is 0.752. The van der Waals surface area contributed by atoms with Gasteiger partial charge in [-0.1, -0.05) is 0 Å². The van der Waals surface area contributed by atoms with Crippen molar-refractivity contribution in [3.63, 3.8) is 0 Å². The fraction of sp³-hybridized carbons (Fsp3) is 0.857. The van der Waals surface area contributed by atoms with Crippen LogP contribution in [0, 0.1) is 0 Å². The molecular weight excluding hydrogens is 260 g/mol. The molecule has 0 aliphatic carbocycles. The molecule has 0 aromatic carbocycles. The highest BCUT2D eigenvalue weighted by molar-refractivity contribution is 5.88. The Hall–Kier alpha value is -1.14. The molecule has 3 unspecified atom stereocenters. The number of amides is 1. The molecule has 2 rings (SSSR count). The van der Waals surface area contributed by atoms with Gasteiger partial charge in [-0.25, -0.2) is 4.79 Å². The minimum Gasteiger partial charge on any atom is -0.464 e. The standard InChI is InChI=1S/C14H24N2O4/c1-3-20-14(18)12-6-4-5-7-16(12)13(17)11-8-10(19-2)9-15-11/h10-12,15H,3-9H2,1-2H3. The minimum absolute atomic E-state index is 0.00213. The van der Waals surface area contributed by atoms with Crippen LogP contribution in [0.4, 0.5) is 0 Å². The lowest BCUT2D eigenvalue weighted by Gasteiger charge is -2.35. The molecule has 20 heavy (non-hydrogen) atoms. The van der Waals surface area contributed by atoms with Gasteiger partial charge >= 0.3 is 5.97 Å². The minimum atomic E-state index is -0.417. The van der Waals surface area contributed by atoms with Crippen molar-refractivity contribution in [1.29, 1.82) is 0 Å². The molecular formula is C14H24N2O4. The molecule has 6 nitrogen and oxygen atoms in total. The van der Waals surface area contributed by atoms with Crippen LogP contribution in [-0.2, 0) is 19.1 Å². The third-order valence-electron chi connectivity index (χ3n) is 4.07. The summed E-state index contributed by atoms with van der Waals surface area (Å²) in [5, 5.41) is 3.18. The molecule has 2 aliphatic rings. The van der Waals surface area contributed by atoms with Crippen molar-refractivity contribution in [2.24, 2.45) is 0 Å². The number of hydrogen-bond donors (Lipinski definition) is 1. The molecule has 2 fully saturated rings. The van der Waals surface area contributed by atoms with Gasteiger partial charge in [0.25, 0.3) is 0 Å². The van der Waals surface area contributed by atoms with E-state index in [2.05, 4.69) is 5.32 Å². The van der Waals surface area contributed by atoms with Gasteiger partial charge in [0.05, 0.1) is 18.8 Å².